The topological polar surface area (TPSA) is 76.2 Å². The van der Waals surface area contributed by atoms with E-state index in [9.17, 15) is 14.4 Å². The number of ether oxygens (including phenoxy) is 2. The number of hydrogen-bond acceptors (Lipinski definition) is 6. The van der Waals surface area contributed by atoms with Gasteiger partial charge in [0, 0.05) is 18.1 Å². The van der Waals surface area contributed by atoms with Gasteiger partial charge in [-0.2, -0.15) is 0 Å². The Morgan fingerprint density at radius 1 is 1.00 bits per heavy atom. The van der Waals surface area contributed by atoms with Crippen LogP contribution in [-0.2, 0) is 29.2 Å². The number of carbonyl (C=O) groups excluding carboxylic acids is 3. The van der Waals surface area contributed by atoms with Crippen LogP contribution in [0, 0.1) is 0 Å². The van der Waals surface area contributed by atoms with E-state index in [1.807, 2.05) is 37.3 Å². The number of thioether (sulfide) groups is 1. The summed E-state index contributed by atoms with van der Waals surface area (Å²) >= 11 is 6.78. The molecule has 1 fully saturated rings. The van der Waals surface area contributed by atoms with Crippen molar-refractivity contribution in [3.63, 3.8) is 0 Å². The summed E-state index contributed by atoms with van der Waals surface area (Å²) in [5.74, 6) is 0.372. The zero-order chi connectivity index (χ0) is 27.4. The first-order valence-corrected chi connectivity index (χ1v) is 13.8. The van der Waals surface area contributed by atoms with Gasteiger partial charge in [0.15, 0.2) is 11.5 Å². The number of amides is 3. The van der Waals surface area contributed by atoms with Crippen molar-refractivity contribution in [3.8, 4) is 11.5 Å². The third-order valence-electron chi connectivity index (χ3n) is 6.52. The van der Waals surface area contributed by atoms with Crippen LogP contribution in [0.2, 0.25) is 5.02 Å². The molecule has 0 saturated carbocycles. The minimum atomic E-state index is -0.475. The average molecular weight is 563 g/mol. The smallest absolute Gasteiger partial charge is 0.294 e. The van der Waals surface area contributed by atoms with Crippen molar-refractivity contribution in [3.05, 3.63) is 98.9 Å². The molecule has 5 rings (SSSR count). The number of halogens is 1. The van der Waals surface area contributed by atoms with E-state index in [0.29, 0.717) is 48.4 Å². The molecule has 1 saturated heterocycles. The molecule has 0 bridgehead atoms. The highest BCUT2D eigenvalue weighted by Crippen LogP contribution is 2.35. The molecule has 39 heavy (non-hydrogen) atoms. The van der Waals surface area contributed by atoms with Crippen molar-refractivity contribution in [2.45, 2.75) is 26.5 Å². The van der Waals surface area contributed by atoms with E-state index in [0.717, 1.165) is 34.2 Å². The fourth-order valence-electron chi connectivity index (χ4n) is 4.48. The normalized spacial score (nSPS) is 16.0. The summed E-state index contributed by atoms with van der Waals surface area (Å²) in [5.41, 5.74) is 3.96. The maximum atomic E-state index is 13.1. The number of fused-ring (bicyclic) bond motifs is 1. The molecule has 0 radical (unpaired) electrons. The number of rotatable bonds is 8. The lowest BCUT2D eigenvalue weighted by Crippen LogP contribution is -2.44. The zero-order valence-corrected chi connectivity index (χ0v) is 23.0. The van der Waals surface area contributed by atoms with Crippen LogP contribution in [0.3, 0.4) is 0 Å². The lowest BCUT2D eigenvalue weighted by Gasteiger charge is -2.29. The van der Waals surface area contributed by atoms with Gasteiger partial charge in [-0.3, -0.25) is 19.3 Å². The van der Waals surface area contributed by atoms with Gasteiger partial charge in [0.1, 0.15) is 13.2 Å². The van der Waals surface area contributed by atoms with Gasteiger partial charge in [-0.25, -0.2) is 0 Å². The van der Waals surface area contributed by atoms with Gasteiger partial charge in [-0.15, -0.1) is 0 Å². The summed E-state index contributed by atoms with van der Waals surface area (Å²) in [7, 11) is 0. The molecule has 0 aliphatic carbocycles. The average Bonchev–Trinajstić information content (AvgIpc) is 3.20. The molecule has 0 aromatic heterocycles. The van der Waals surface area contributed by atoms with Gasteiger partial charge in [-0.05, 0) is 77.7 Å². The Bertz CT molecular complexity index is 1440. The summed E-state index contributed by atoms with van der Waals surface area (Å²) in [4.78, 5) is 41.7. The van der Waals surface area contributed by atoms with Crippen LogP contribution in [0.1, 0.15) is 29.2 Å². The second kappa shape index (κ2) is 12.0. The van der Waals surface area contributed by atoms with E-state index in [-0.39, 0.29) is 17.4 Å². The molecule has 3 amide bonds. The van der Waals surface area contributed by atoms with E-state index >= 15 is 0 Å². The number of nitrogens with zero attached hydrogens (tertiary/aromatic N) is 2. The summed E-state index contributed by atoms with van der Waals surface area (Å²) in [6.45, 7) is 3.42. The maximum absolute atomic E-state index is 13.1. The second-order valence-electron chi connectivity index (χ2n) is 9.16. The second-order valence-corrected chi connectivity index (χ2v) is 10.6. The van der Waals surface area contributed by atoms with Gasteiger partial charge in [0.05, 0.1) is 11.5 Å². The highest BCUT2D eigenvalue weighted by Gasteiger charge is 2.37. The predicted molar refractivity (Wildman–Crippen MR) is 152 cm³/mol. The van der Waals surface area contributed by atoms with E-state index in [1.165, 1.54) is 5.56 Å². The van der Waals surface area contributed by atoms with E-state index in [4.69, 9.17) is 21.1 Å². The lowest BCUT2D eigenvalue weighted by atomic mass is 10.00. The quantitative estimate of drug-likeness (QED) is 0.316. The first-order valence-electron chi connectivity index (χ1n) is 12.7. The van der Waals surface area contributed by atoms with Crippen LogP contribution in [0.25, 0.3) is 6.08 Å². The van der Waals surface area contributed by atoms with Crippen molar-refractivity contribution >= 4 is 46.5 Å². The van der Waals surface area contributed by atoms with Crippen molar-refractivity contribution in [2.24, 2.45) is 0 Å². The monoisotopic (exact) mass is 562 g/mol. The molecule has 2 aliphatic heterocycles. The van der Waals surface area contributed by atoms with Crippen molar-refractivity contribution in [2.75, 3.05) is 19.7 Å². The van der Waals surface area contributed by atoms with Crippen LogP contribution in [0.15, 0.2) is 71.6 Å². The van der Waals surface area contributed by atoms with Crippen LogP contribution in [-0.4, -0.2) is 46.5 Å². The molecular weight excluding hydrogens is 536 g/mol. The summed E-state index contributed by atoms with van der Waals surface area (Å²) < 4.78 is 11.7. The first-order chi connectivity index (χ1) is 18.9. The van der Waals surface area contributed by atoms with Crippen LogP contribution < -0.4 is 9.47 Å². The zero-order valence-electron chi connectivity index (χ0n) is 21.4. The molecular formula is C30H27ClN2O5S. The van der Waals surface area contributed by atoms with Crippen LogP contribution >= 0.6 is 23.4 Å². The fourth-order valence-corrected chi connectivity index (χ4v) is 5.44. The van der Waals surface area contributed by atoms with E-state index in [2.05, 4.69) is 6.07 Å². The summed E-state index contributed by atoms with van der Waals surface area (Å²) in [6, 6.07) is 20.7. The number of hydrogen-bond donors (Lipinski definition) is 0. The summed E-state index contributed by atoms with van der Waals surface area (Å²) in [6.07, 6.45) is 2.39. The van der Waals surface area contributed by atoms with Crippen molar-refractivity contribution in [1.82, 2.24) is 9.80 Å². The van der Waals surface area contributed by atoms with E-state index in [1.54, 1.807) is 41.3 Å². The fraction of sp³-hybridized carbons (Fsp3) is 0.233. The SMILES string of the molecule is CCOc1cc(/C=C2/SC(=O)N(CC(=O)N3CCc4ccccc4C3)C2=O)ccc1OCc1ccc(Cl)cc1. The molecule has 0 spiro atoms. The van der Waals surface area contributed by atoms with Gasteiger partial charge < -0.3 is 14.4 Å². The van der Waals surface area contributed by atoms with Crippen LogP contribution in [0.5, 0.6) is 11.5 Å². The molecule has 9 heteroatoms. The minimum absolute atomic E-state index is 0.242. The lowest BCUT2D eigenvalue weighted by molar-refractivity contribution is -0.136. The number of carbonyl (C=O) groups is 3. The highest BCUT2D eigenvalue weighted by molar-refractivity contribution is 8.18. The Kier molecular flexibility index (Phi) is 8.24. The molecule has 200 valence electrons. The maximum Gasteiger partial charge on any atom is 0.294 e. The molecule has 0 atom stereocenters. The van der Waals surface area contributed by atoms with Gasteiger partial charge in [0.2, 0.25) is 5.91 Å². The molecule has 7 nitrogen and oxygen atoms in total. The summed E-state index contributed by atoms with van der Waals surface area (Å²) in [5, 5.41) is 0.203. The number of imide groups is 1. The van der Waals surface area contributed by atoms with Crippen LogP contribution in [0.4, 0.5) is 4.79 Å². The Labute approximate surface area is 236 Å². The Morgan fingerprint density at radius 2 is 1.77 bits per heavy atom. The third kappa shape index (κ3) is 6.29. The molecule has 3 aromatic carbocycles. The van der Waals surface area contributed by atoms with Gasteiger partial charge >= 0.3 is 0 Å². The Morgan fingerprint density at radius 3 is 2.54 bits per heavy atom. The first kappa shape index (κ1) is 26.8. The Balaban J connectivity index is 1.26. The molecule has 0 unspecified atom stereocenters. The molecule has 0 N–H and O–H groups in total. The molecule has 3 aromatic rings. The predicted octanol–water partition coefficient (Wildman–Crippen LogP) is 5.94. The molecule has 2 aliphatic rings. The third-order valence-corrected chi connectivity index (χ3v) is 7.68. The van der Waals surface area contributed by atoms with E-state index < -0.39 is 11.1 Å². The standard InChI is InChI=1S/C30H27ClN2O5S/c1-2-37-26-15-21(9-12-25(26)38-19-20-7-10-24(31)11-8-20)16-27-29(35)33(30(36)39-27)18-28(34)32-14-13-22-5-3-4-6-23(22)17-32/h3-12,15-16H,2,13-14,17-19H2,1H3/b27-16+. The minimum Gasteiger partial charge on any atom is -0.490 e. The molecule has 2 heterocycles. The van der Waals surface area contributed by atoms with Crippen molar-refractivity contribution in [1.29, 1.82) is 0 Å². The van der Waals surface area contributed by atoms with Gasteiger partial charge in [-0.1, -0.05) is 54.1 Å². The van der Waals surface area contributed by atoms with Gasteiger partial charge in [0.25, 0.3) is 11.1 Å². The van der Waals surface area contributed by atoms with Crippen molar-refractivity contribution < 1.29 is 23.9 Å². The largest absolute Gasteiger partial charge is 0.490 e. The Hall–Kier alpha value is -3.75. The number of benzene rings is 3. The highest BCUT2D eigenvalue weighted by atomic mass is 35.5.